The Morgan fingerprint density at radius 3 is 2.61 bits per heavy atom. The summed E-state index contributed by atoms with van der Waals surface area (Å²) in [5.41, 5.74) is 1.05. The van der Waals surface area contributed by atoms with Gasteiger partial charge in [0.15, 0.2) is 0 Å². The van der Waals surface area contributed by atoms with E-state index in [4.69, 9.17) is 0 Å². The molecule has 0 aliphatic rings. The molecule has 6 nitrogen and oxygen atoms in total. The van der Waals surface area contributed by atoms with Gasteiger partial charge in [0, 0.05) is 11.1 Å². The van der Waals surface area contributed by atoms with E-state index >= 15 is 0 Å². The Labute approximate surface area is 131 Å². The number of aromatic nitrogens is 4. The highest BCUT2D eigenvalue weighted by atomic mass is 32.1. The minimum Gasteiger partial charge on any atom is -0.381 e. The summed E-state index contributed by atoms with van der Waals surface area (Å²) in [5, 5.41) is 13.5. The largest absolute Gasteiger partial charge is 0.471 e. The SMILES string of the molecule is Cc1cnc([C@@H](O)c2ccc(-c3noc(C(F)(F)F)n3)s2)cn1. The first-order valence-electron chi connectivity index (χ1n) is 6.32. The number of rotatable bonds is 3. The predicted octanol–water partition coefficient (Wildman–Crippen LogP) is 3.00. The fourth-order valence-corrected chi connectivity index (χ4v) is 2.68. The molecular formula is C13H9F3N4O2S. The molecule has 0 saturated carbocycles. The molecule has 0 amide bonds. The summed E-state index contributed by atoms with van der Waals surface area (Å²) in [5.74, 6) is -1.59. The molecule has 3 rings (SSSR count). The van der Waals surface area contributed by atoms with Gasteiger partial charge in [0.05, 0.1) is 22.5 Å². The number of aliphatic hydroxyl groups excluding tert-OH is 1. The normalized spacial score (nSPS) is 13.3. The zero-order chi connectivity index (χ0) is 16.6. The molecule has 23 heavy (non-hydrogen) atoms. The van der Waals surface area contributed by atoms with Crippen LogP contribution in [0.4, 0.5) is 13.2 Å². The maximum Gasteiger partial charge on any atom is 0.471 e. The van der Waals surface area contributed by atoms with Gasteiger partial charge in [-0.1, -0.05) is 5.16 Å². The zero-order valence-corrected chi connectivity index (χ0v) is 12.4. The molecule has 0 spiro atoms. The van der Waals surface area contributed by atoms with Crippen LogP contribution in [0.3, 0.4) is 0 Å². The molecule has 0 fully saturated rings. The van der Waals surface area contributed by atoms with Gasteiger partial charge in [-0.25, -0.2) is 0 Å². The maximum atomic E-state index is 12.5. The first kappa shape index (κ1) is 15.6. The lowest BCUT2D eigenvalue weighted by molar-refractivity contribution is -0.159. The van der Waals surface area contributed by atoms with Crippen LogP contribution in [0.15, 0.2) is 29.0 Å². The fourth-order valence-electron chi connectivity index (χ4n) is 1.75. The van der Waals surface area contributed by atoms with E-state index in [0.29, 0.717) is 21.1 Å². The van der Waals surface area contributed by atoms with Gasteiger partial charge in [-0.15, -0.1) is 11.3 Å². The monoisotopic (exact) mass is 342 g/mol. The zero-order valence-electron chi connectivity index (χ0n) is 11.6. The molecule has 0 saturated heterocycles. The minimum absolute atomic E-state index is 0.184. The molecule has 0 radical (unpaired) electrons. The van der Waals surface area contributed by atoms with E-state index in [1.165, 1.54) is 18.5 Å². The summed E-state index contributed by atoms with van der Waals surface area (Å²) in [4.78, 5) is 12.2. The fraction of sp³-hybridized carbons (Fsp3) is 0.231. The predicted molar refractivity (Wildman–Crippen MR) is 73.4 cm³/mol. The number of alkyl halides is 3. The van der Waals surface area contributed by atoms with E-state index in [2.05, 4.69) is 24.6 Å². The lowest BCUT2D eigenvalue weighted by atomic mass is 10.2. The molecule has 1 atom stereocenters. The molecule has 1 N–H and O–H groups in total. The Kier molecular flexibility index (Phi) is 3.86. The van der Waals surface area contributed by atoms with Crippen LogP contribution in [0, 0.1) is 6.92 Å². The number of aliphatic hydroxyl groups is 1. The Morgan fingerprint density at radius 2 is 2.00 bits per heavy atom. The molecule has 0 bridgehead atoms. The van der Waals surface area contributed by atoms with Crippen LogP contribution in [0.1, 0.15) is 28.3 Å². The number of nitrogens with zero attached hydrogens (tertiary/aromatic N) is 4. The number of aryl methyl sites for hydroxylation is 1. The van der Waals surface area contributed by atoms with Gasteiger partial charge in [0.25, 0.3) is 0 Å². The molecule has 3 aromatic rings. The second-order valence-corrected chi connectivity index (χ2v) is 5.72. The van der Waals surface area contributed by atoms with Gasteiger partial charge in [-0.2, -0.15) is 18.2 Å². The van der Waals surface area contributed by atoms with Crippen molar-refractivity contribution in [2.45, 2.75) is 19.2 Å². The standard InChI is InChI=1S/C13H9F3N4O2S/c1-6-4-18-7(5-17-6)10(21)8-2-3-9(23-8)11-19-12(22-20-11)13(14,15)16/h2-5,10,21H,1H3/t10-/m1/s1. The van der Waals surface area contributed by atoms with Crippen molar-refractivity contribution < 1.29 is 22.8 Å². The van der Waals surface area contributed by atoms with Crippen molar-refractivity contribution >= 4 is 11.3 Å². The molecule has 0 aromatic carbocycles. The van der Waals surface area contributed by atoms with E-state index in [1.807, 2.05) is 0 Å². The van der Waals surface area contributed by atoms with Gasteiger partial charge < -0.3 is 9.63 Å². The van der Waals surface area contributed by atoms with Crippen molar-refractivity contribution in [3.05, 3.63) is 46.7 Å². The second-order valence-electron chi connectivity index (χ2n) is 4.61. The van der Waals surface area contributed by atoms with Crippen LogP contribution in [0.2, 0.25) is 0 Å². The molecule has 10 heteroatoms. The van der Waals surface area contributed by atoms with E-state index in [-0.39, 0.29) is 5.82 Å². The van der Waals surface area contributed by atoms with Crippen molar-refractivity contribution in [1.82, 2.24) is 20.1 Å². The average molecular weight is 342 g/mol. The lowest BCUT2D eigenvalue weighted by Gasteiger charge is -2.06. The van der Waals surface area contributed by atoms with Crippen LogP contribution >= 0.6 is 11.3 Å². The van der Waals surface area contributed by atoms with Crippen LogP contribution in [0.5, 0.6) is 0 Å². The van der Waals surface area contributed by atoms with E-state index in [0.717, 1.165) is 11.3 Å². The molecule has 0 unspecified atom stereocenters. The molecule has 3 aromatic heterocycles. The molecule has 3 heterocycles. The topological polar surface area (TPSA) is 84.9 Å². The Bertz CT molecular complexity index is 813. The van der Waals surface area contributed by atoms with Crippen molar-refractivity contribution in [1.29, 1.82) is 0 Å². The third-order valence-corrected chi connectivity index (χ3v) is 4.00. The van der Waals surface area contributed by atoms with Gasteiger partial charge >= 0.3 is 12.1 Å². The van der Waals surface area contributed by atoms with Gasteiger partial charge in [-0.3, -0.25) is 9.97 Å². The van der Waals surface area contributed by atoms with Gasteiger partial charge in [0.1, 0.15) is 6.10 Å². The Balaban J connectivity index is 1.85. The van der Waals surface area contributed by atoms with E-state index < -0.39 is 18.2 Å². The van der Waals surface area contributed by atoms with E-state index in [9.17, 15) is 18.3 Å². The molecule has 120 valence electrons. The number of hydrogen-bond acceptors (Lipinski definition) is 7. The van der Waals surface area contributed by atoms with Crippen molar-refractivity contribution in [3.8, 4) is 10.7 Å². The quantitative estimate of drug-likeness (QED) is 0.788. The minimum atomic E-state index is -4.69. The molecule has 0 aliphatic heterocycles. The van der Waals surface area contributed by atoms with E-state index in [1.54, 1.807) is 13.0 Å². The van der Waals surface area contributed by atoms with Crippen molar-refractivity contribution in [2.75, 3.05) is 0 Å². The van der Waals surface area contributed by atoms with Crippen LogP contribution in [-0.2, 0) is 6.18 Å². The molecular weight excluding hydrogens is 333 g/mol. The average Bonchev–Trinajstić information content (AvgIpc) is 3.16. The van der Waals surface area contributed by atoms with Crippen LogP contribution < -0.4 is 0 Å². The lowest BCUT2D eigenvalue weighted by Crippen LogP contribution is -2.04. The summed E-state index contributed by atoms with van der Waals surface area (Å²) < 4.78 is 41.6. The summed E-state index contributed by atoms with van der Waals surface area (Å²) in [6.07, 6.45) is -2.77. The van der Waals surface area contributed by atoms with Gasteiger partial charge in [-0.05, 0) is 19.1 Å². The summed E-state index contributed by atoms with van der Waals surface area (Å²) in [7, 11) is 0. The summed E-state index contributed by atoms with van der Waals surface area (Å²) >= 11 is 1.05. The summed E-state index contributed by atoms with van der Waals surface area (Å²) in [6.45, 7) is 1.76. The molecule has 0 aliphatic carbocycles. The van der Waals surface area contributed by atoms with Crippen LogP contribution in [0.25, 0.3) is 10.7 Å². The third-order valence-electron chi connectivity index (χ3n) is 2.87. The highest BCUT2D eigenvalue weighted by Crippen LogP contribution is 2.34. The highest BCUT2D eigenvalue weighted by molar-refractivity contribution is 7.15. The summed E-state index contributed by atoms with van der Waals surface area (Å²) in [6, 6.07) is 3.08. The van der Waals surface area contributed by atoms with Gasteiger partial charge in [0.2, 0.25) is 5.82 Å². The maximum absolute atomic E-state index is 12.5. The first-order valence-corrected chi connectivity index (χ1v) is 7.14. The van der Waals surface area contributed by atoms with Crippen molar-refractivity contribution in [2.24, 2.45) is 0 Å². The Morgan fingerprint density at radius 1 is 1.22 bits per heavy atom. The number of hydrogen-bond donors (Lipinski definition) is 1. The van der Waals surface area contributed by atoms with Crippen LogP contribution in [-0.4, -0.2) is 25.2 Å². The third kappa shape index (κ3) is 3.22. The Hall–Kier alpha value is -2.33. The number of thiophene rings is 1. The first-order chi connectivity index (χ1) is 10.8. The smallest absolute Gasteiger partial charge is 0.381 e. The van der Waals surface area contributed by atoms with Crippen molar-refractivity contribution in [3.63, 3.8) is 0 Å². The highest BCUT2D eigenvalue weighted by Gasteiger charge is 2.38. The second kappa shape index (κ2) is 5.70. The number of halogens is 3.